The zero-order valence-electron chi connectivity index (χ0n) is 12.2. The smallest absolute Gasteiger partial charge is 0.186 e. The molecule has 6 heteroatoms. The molecule has 0 saturated carbocycles. The van der Waals surface area contributed by atoms with E-state index in [4.69, 9.17) is 10.5 Å². The second kappa shape index (κ2) is 7.25. The zero-order chi connectivity index (χ0) is 14.4. The Hall–Kier alpha value is -1.40. The first-order valence-corrected chi connectivity index (χ1v) is 6.52. The summed E-state index contributed by atoms with van der Waals surface area (Å²) < 4.78 is 6.91. The summed E-state index contributed by atoms with van der Waals surface area (Å²) in [4.78, 5) is 14.3. The van der Waals surface area contributed by atoms with E-state index in [0.717, 1.165) is 13.0 Å². The van der Waals surface area contributed by atoms with E-state index in [1.165, 1.54) is 0 Å². The molecule has 0 saturated heterocycles. The number of hydrogen-bond donors (Lipinski definition) is 1. The Morgan fingerprint density at radius 1 is 1.58 bits per heavy atom. The standard InChI is InChI=1S/C13H24N4O2/c1-5-10(14)8-11(18)13-12(19-4)9-15-17(13)7-6-16(2)3/h9-10H,5-8,14H2,1-4H3. The van der Waals surface area contributed by atoms with Crippen molar-refractivity contribution in [2.24, 2.45) is 5.73 Å². The van der Waals surface area contributed by atoms with Gasteiger partial charge in [0.2, 0.25) is 0 Å². The van der Waals surface area contributed by atoms with Crippen LogP contribution in [-0.2, 0) is 6.54 Å². The lowest BCUT2D eigenvalue weighted by molar-refractivity contribution is 0.0959. The van der Waals surface area contributed by atoms with Crippen LogP contribution in [0.1, 0.15) is 30.3 Å². The number of ether oxygens (including phenoxy) is 1. The minimum atomic E-state index is -0.116. The minimum absolute atomic E-state index is 0.0116. The van der Waals surface area contributed by atoms with Crippen molar-refractivity contribution in [2.45, 2.75) is 32.4 Å². The number of methoxy groups -OCH3 is 1. The topological polar surface area (TPSA) is 73.4 Å². The van der Waals surface area contributed by atoms with Crippen LogP contribution in [0.3, 0.4) is 0 Å². The molecule has 19 heavy (non-hydrogen) atoms. The average molecular weight is 268 g/mol. The molecule has 1 rings (SSSR count). The lowest BCUT2D eigenvalue weighted by Crippen LogP contribution is -2.26. The Morgan fingerprint density at radius 2 is 2.26 bits per heavy atom. The zero-order valence-corrected chi connectivity index (χ0v) is 12.2. The first kappa shape index (κ1) is 15.7. The molecule has 0 aliphatic heterocycles. The maximum absolute atomic E-state index is 12.3. The maximum atomic E-state index is 12.3. The van der Waals surface area contributed by atoms with Gasteiger partial charge in [-0.15, -0.1) is 0 Å². The molecule has 0 bridgehead atoms. The Morgan fingerprint density at radius 3 is 2.79 bits per heavy atom. The number of likely N-dealkylation sites (N-methyl/N-ethyl adjacent to an activating group) is 1. The lowest BCUT2D eigenvalue weighted by atomic mass is 10.1. The van der Waals surface area contributed by atoms with Crippen LogP contribution in [0.2, 0.25) is 0 Å². The van der Waals surface area contributed by atoms with Crippen LogP contribution in [0.15, 0.2) is 6.20 Å². The monoisotopic (exact) mass is 268 g/mol. The fourth-order valence-electron chi connectivity index (χ4n) is 1.74. The molecule has 2 N–H and O–H groups in total. The van der Waals surface area contributed by atoms with E-state index in [9.17, 15) is 4.79 Å². The summed E-state index contributed by atoms with van der Waals surface area (Å²) in [5.74, 6) is 0.509. The van der Waals surface area contributed by atoms with Gasteiger partial charge < -0.3 is 15.4 Å². The predicted octanol–water partition coefficient (Wildman–Crippen LogP) is 0.763. The summed E-state index contributed by atoms with van der Waals surface area (Å²) in [6, 6.07) is -0.116. The summed E-state index contributed by atoms with van der Waals surface area (Å²) in [6.45, 7) is 3.43. The van der Waals surface area contributed by atoms with E-state index >= 15 is 0 Å². The average Bonchev–Trinajstić information content (AvgIpc) is 2.78. The second-order valence-corrected chi connectivity index (χ2v) is 4.88. The molecule has 108 valence electrons. The fraction of sp³-hybridized carbons (Fsp3) is 0.692. The summed E-state index contributed by atoms with van der Waals surface area (Å²) >= 11 is 0. The van der Waals surface area contributed by atoms with E-state index in [-0.39, 0.29) is 11.8 Å². The molecule has 0 aromatic carbocycles. The lowest BCUT2D eigenvalue weighted by Gasteiger charge is -2.13. The summed E-state index contributed by atoms with van der Waals surface area (Å²) in [5, 5.41) is 4.22. The molecular formula is C13H24N4O2. The summed E-state index contributed by atoms with van der Waals surface area (Å²) in [6.07, 6.45) is 2.68. The SMILES string of the molecule is CCC(N)CC(=O)c1c(OC)cnn1CCN(C)C. The highest BCUT2D eigenvalue weighted by atomic mass is 16.5. The van der Waals surface area contributed by atoms with Gasteiger partial charge in [0, 0.05) is 19.0 Å². The molecule has 0 radical (unpaired) electrons. The number of nitrogens with two attached hydrogens (primary N) is 1. The molecule has 1 aromatic heterocycles. The minimum Gasteiger partial charge on any atom is -0.493 e. The van der Waals surface area contributed by atoms with Gasteiger partial charge in [-0.2, -0.15) is 5.10 Å². The third kappa shape index (κ3) is 4.33. The Balaban J connectivity index is 2.88. The fourth-order valence-corrected chi connectivity index (χ4v) is 1.74. The van der Waals surface area contributed by atoms with Crippen LogP contribution in [-0.4, -0.2) is 54.3 Å². The Bertz CT molecular complexity index is 415. The van der Waals surface area contributed by atoms with Crippen LogP contribution >= 0.6 is 0 Å². The molecule has 6 nitrogen and oxygen atoms in total. The van der Waals surface area contributed by atoms with Crippen LogP contribution < -0.4 is 10.5 Å². The molecule has 0 aliphatic rings. The maximum Gasteiger partial charge on any atom is 0.186 e. The summed E-state index contributed by atoms with van der Waals surface area (Å²) in [5.41, 5.74) is 6.37. The van der Waals surface area contributed by atoms with Gasteiger partial charge in [0.15, 0.2) is 11.5 Å². The number of rotatable bonds is 8. The second-order valence-electron chi connectivity index (χ2n) is 4.88. The molecule has 1 unspecified atom stereocenters. The van der Waals surface area contributed by atoms with Gasteiger partial charge in [0.05, 0.1) is 19.9 Å². The van der Waals surface area contributed by atoms with Crippen molar-refractivity contribution < 1.29 is 9.53 Å². The number of nitrogens with zero attached hydrogens (tertiary/aromatic N) is 3. The van der Waals surface area contributed by atoms with Gasteiger partial charge >= 0.3 is 0 Å². The Kier molecular flexibility index (Phi) is 5.98. The van der Waals surface area contributed by atoms with Gasteiger partial charge in [-0.25, -0.2) is 0 Å². The quantitative estimate of drug-likeness (QED) is 0.705. The molecule has 1 atom stereocenters. The van der Waals surface area contributed by atoms with Crippen molar-refractivity contribution in [3.05, 3.63) is 11.9 Å². The Labute approximate surface area is 114 Å². The van der Waals surface area contributed by atoms with Gasteiger partial charge in [0.1, 0.15) is 5.69 Å². The number of hydrogen-bond acceptors (Lipinski definition) is 5. The largest absolute Gasteiger partial charge is 0.493 e. The van der Waals surface area contributed by atoms with Crippen LogP contribution in [0, 0.1) is 0 Å². The first-order chi connectivity index (χ1) is 8.99. The van der Waals surface area contributed by atoms with E-state index in [1.54, 1.807) is 18.0 Å². The molecule has 0 aliphatic carbocycles. The predicted molar refractivity (Wildman–Crippen MR) is 74.5 cm³/mol. The van der Waals surface area contributed by atoms with Crippen molar-refractivity contribution in [2.75, 3.05) is 27.7 Å². The van der Waals surface area contributed by atoms with E-state index < -0.39 is 0 Å². The molecule has 0 spiro atoms. The third-order valence-electron chi connectivity index (χ3n) is 3.02. The van der Waals surface area contributed by atoms with Crippen LogP contribution in [0.5, 0.6) is 5.75 Å². The van der Waals surface area contributed by atoms with E-state index in [0.29, 0.717) is 24.4 Å². The third-order valence-corrected chi connectivity index (χ3v) is 3.02. The molecular weight excluding hydrogens is 244 g/mol. The normalized spacial score (nSPS) is 12.7. The van der Waals surface area contributed by atoms with Crippen molar-refractivity contribution in [3.8, 4) is 5.75 Å². The number of carbonyl (C=O) groups excluding carboxylic acids is 1. The molecule has 1 heterocycles. The van der Waals surface area contributed by atoms with Crippen molar-refractivity contribution >= 4 is 5.78 Å². The van der Waals surface area contributed by atoms with Crippen LogP contribution in [0.4, 0.5) is 0 Å². The molecule has 1 aromatic rings. The number of ketones is 1. The van der Waals surface area contributed by atoms with Gasteiger partial charge in [0.25, 0.3) is 0 Å². The van der Waals surface area contributed by atoms with Crippen molar-refractivity contribution in [1.82, 2.24) is 14.7 Å². The van der Waals surface area contributed by atoms with Crippen molar-refractivity contribution in [1.29, 1.82) is 0 Å². The van der Waals surface area contributed by atoms with Crippen molar-refractivity contribution in [3.63, 3.8) is 0 Å². The molecule has 0 fully saturated rings. The highest BCUT2D eigenvalue weighted by molar-refractivity contribution is 5.97. The van der Waals surface area contributed by atoms with Gasteiger partial charge in [-0.05, 0) is 20.5 Å². The highest BCUT2D eigenvalue weighted by Crippen LogP contribution is 2.20. The van der Waals surface area contributed by atoms with Gasteiger partial charge in [-0.1, -0.05) is 6.92 Å². The number of carbonyl (C=O) groups is 1. The molecule has 0 amide bonds. The van der Waals surface area contributed by atoms with E-state index in [1.807, 2.05) is 25.9 Å². The van der Waals surface area contributed by atoms with Gasteiger partial charge in [-0.3, -0.25) is 9.48 Å². The number of aromatic nitrogens is 2. The summed E-state index contributed by atoms with van der Waals surface area (Å²) in [7, 11) is 5.51. The first-order valence-electron chi connectivity index (χ1n) is 6.52. The van der Waals surface area contributed by atoms with Crippen LogP contribution in [0.25, 0.3) is 0 Å². The highest BCUT2D eigenvalue weighted by Gasteiger charge is 2.20. The number of Topliss-reactive ketones (excluding diaryl/α,β-unsaturated/α-hetero) is 1. The van der Waals surface area contributed by atoms with E-state index in [2.05, 4.69) is 5.10 Å².